The molecule has 2 nitrogen and oxygen atoms in total. The van der Waals surface area contributed by atoms with Crippen LogP contribution < -0.4 is 9.30 Å². The molecule has 0 spiro atoms. The average Bonchev–Trinajstić information content (AvgIpc) is 2.90. The lowest BCUT2D eigenvalue weighted by atomic mass is 10.1. The number of aromatic nitrogens is 1. The van der Waals surface area contributed by atoms with Gasteiger partial charge in [-0.1, -0.05) is 18.2 Å². The van der Waals surface area contributed by atoms with Crippen molar-refractivity contribution >= 4 is 24.0 Å². The van der Waals surface area contributed by atoms with Gasteiger partial charge in [0.15, 0.2) is 0 Å². The van der Waals surface area contributed by atoms with Crippen LogP contribution in [0.2, 0.25) is 0 Å². The molecule has 0 aliphatic rings. The van der Waals surface area contributed by atoms with Crippen LogP contribution in [0.1, 0.15) is 0 Å². The van der Waals surface area contributed by atoms with Crippen LogP contribution in [0.25, 0.3) is 16.9 Å². The Morgan fingerprint density at radius 3 is 2.35 bits per heavy atom. The minimum atomic E-state index is 0.851. The summed E-state index contributed by atoms with van der Waals surface area (Å²) in [5, 5.41) is 0. The van der Waals surface area contributed by atoms with Gasteiger partial charge < -0.3 is 28.7 Å². The molecule has 0 saturated heterocycles. The first-order valence-electron chi connectivity index (χ1n) is 6.19. The molecule has 0 radical (unpaired) electrons. The summed E-state index contributed by atoms with van der Waals surface area (Å²) in [5.41, 5.74) is 5.33. The number of hydrogen-bond acceptors (Lipinski definition) is 3. The molecule has 0 saturated carbocycles. The van der Waals surface area contributed by atoms with E-state index in [4.69, 9.17) is 17.4 Å². The molecule has 1 aromatic heterocycles. The van der Waals surface area contributed by atoms with Gasteiger partial charge in [-0.15, -0.1) is 0 Å². The summed E-state index contributed by atoms with van der Waals surface area (Å²) in [7, 11) is 1.67. The highest BCUT2D eigenvalue weighted by Crippen LogP contribution is 2.25. The van der Waals surface area contributed by atoms with E-state index in [9.17, 15) is 0 Å². The zero-order valence-electron chi connectivity index (χ0n) is 10.9. The maximum atomic E-state index is 5.48. The number of benzene rings is 2. The van der Waals surface area contributed by atoms with E-state index in [2.05, 4.69) is 16.7 Å². The van der Waals surface area contributed by atoms with E-state index in [1.165, 1.54) is 0 Å². The first-order chi connectivity index (χ1) is 9.79. The summed E-state index contributed by atoms with van der Waals surface area (Å²) in [6, 6.07) is 18.2. The maximum absolute atomic E-state index is 5.48. The molecular formula is C16H13NOS2. The minimum Gasteiger partial charge on any atom is -0.497 e. The maximum Gasteiger partial charge on any atom is 0.210 e. The van der Waals surface area contributed by atoms with Crippen LogP contribution in [-0.4, -0.2) is 7.11 Å². The number of nitrogens with zero attached hydrogens (tertiary/aromatic N) is 1. The number of ether oxygens (including phenoxy) is 1. The predicted octanol–water partition coefficient (Wildman–Crippen LogP) is 3.61. The highest BCUT2D eigenvalue weighted by molar-refractivity contribution is 7.62. The van der Waals surface area contributed by atoms with Crippen molar-refractivity contribution in [1.82, 2.24) is 0 Å². The van der Waals surface area contributed by atoms with E-state index in [0.29, 0.717) is 0 Å². The highest BCUT2D eigenvalue weighted by Gasteiger charge is 2.16. The first-order valence-corrected chi connectivity index (χ1v) is 7.48. The van der Waals surface area contributed by atoms with Gasteiger partial charge in [0.1, 0.15) is 11.3 Å². The standard InChI is InChI=1S/C16H13NOS2/c1-18-14-9-7-13(8-10-14)17-11-20-16(19)15(17)12-5-3-2-4-6-12/h2-11H,1H3. The summed E-state index contributed by atoms with van der Waals surface area (Å²) in [4.78, 5) is 0. The van der Waals surface area contributed by atoms with Crippen LogP contribution in [0.15, 0.2) is 64.3 Å². The Morgan fingerprint density at radius 1 is 1.00 bits per heavy atom. The highest BCUT2D eigenvalue weighted by atomic mass is 32.2. The SMILES string of the molecule is COc1ccc(-[n+]2csc([S-])c2-c2ccccc2)cc1. The van der Waals surface area contributed by atoms with E-state index >= 15 is 0 Å². The van der Waals surface area contributed by atoms with Gasteiger partial charge in [-0.2, -0.15) is 4.57 Å². The summed E-state index contributed by atoms with van der Waals surface area (Å²) in [5.74, 6) is 0.851. The second-order valence-electron chi connectivity index (χ2n) is 4.29. The number of rotatable bonds is 3. The van der Waals surface area contributed by atoms with E-state index < -0.39 is 0 Å². The molecular weight excluding hydrogens is 286 g/mol. The Kier molecular flexibility index (Phi) is 3.67. The Labute approximate surface area is 127 Å². The monoisotopic (exact) mass is 299 g/mol. The van der Waals surface area contributed by atoms with Crippen LogP contribution in [0.5, 0.6) is 5.75 Å². The second kappa shape index (κ2) is 5.61. The molecule has 20 heavy (non-hydrogen) atoms. The summed E-state index contributed by atoms with van der Waals surface area (Å²) in [6.45, 7) is 0. The van der Waals surface area contributed by atoms with Crippen LogP contribution in [0.4, 0.5) is 0 Å². The van der Waals surface area contributed by atoms with Gasteiger partial charge in [0, 0.05) is 17.7 Å². The largest absolute Gasteiger partial charge is 0.497 e. The van der Waals surface area contributed by atoms with Crippen LogP contribution in [0, 0.1) is 0 Å². The Balaban J connectivity index is 2.11. The summed E-state index contributed by atoms with van der Waals surface area (Å²) in [6.07, 6.45) is 0. The molecule has 0 amide bonds. The molecule has 3 aromatic rings. The van der Waals surface area contributed by atoms with Gasteiger partial charge in [-0.3, -0.25) is 0 Å². The molecule has 0 fully saturated rings. The molecule has 0 atom stereocenters. The van der Waals surface area contributed by atoms with E-state index in [1.54, 1.807) is 18.4 Å². The third-order valence-electron chi connectivity index (χ3n) is 3.10. The van der Waals surface area contributed by atoms with Crippen molar-refractivity contribution in [2.24, 2.45) is 0 Å². The van der Waals surface area contributed by atoms with E-state index in [1.807, 2.05) is 48.0 Å². The fourth-order valence-electron chi connectivity index (χ4n) is 2.09. The van der Waals surface area contributed by atoms with Crippen molar-refractivity contribution in [3.8, 4) is 22.7 Å². The normalized spacial score (nSPS) is 10.4. The fraction of sp³-hybridized carbons (Fsp3) is 0.0625. The van der Waals surface area contributed by atoms with Crippen molar-refractivity contribution in [3.05, 3.63) is 60.1 Å². The van der Waals surface area contributed by atoms with Gasteiger partial charge in [0.05, 0.1) is 7.11 Å². The smallest absolute Gasteiger partial charge is 0.210 e. The Hall–Kier alpha value is -1.91. The zero-order valence-corrected chi connectivity index (χ0v) is 12.6. The van der Waals surface area contributed by atoms with Gasteiger partial charge >= 0.3 is 0 Å². The molecule has 0 bridgehead atoms. The van der Waals surface area contributed by atoms with Crippen LogP contribution >= 0.6 is 11.3 Å². The number of thiazole rings is 1. The van der Waals surface area contributed by atoms with E-state index in [0.717, 1.165) is 26.9 Å². The average molecular weight is 299 g/mol. The lowest BCUT2D eigenvalue weighted by Gasteiger charge is -2.03. The van der Waals surface area contributed by atoms with Gasteiger partial charge in [0.25, 0.3) is 0 Å². The Morgan fingerprint density at radius 2 is 1.70 bits per heavy atom. The predicted molar refractivity (Wildman–Crippen MR) is 83.5 cm³/mol. The van der Waals surface area contributed by atoms with Gasteiger partial charge in [0.2, 0.25) is 11.4 Å². The second-order valence-corrected chi connectivity index (χ2v) is 5.81. The molecule has 0 aliphatic carbocycles. The number of hydrogen-bond donors (Lipinski definition) is 0. The molecule has 4 heteroatoms. The topological polar surface area (TPSA) is 13.1 Å². The van der Waals surface area contributed by atoms with Crippen molar-refractivity contribution in [2.45, 2.75) is 4.21 Å². The van der Waals surface area contributed by atoms with Gasteiger partial charge in [-0.05, 0) is 28.5 Å². The van der Waals surface area contributed by atoms with Crippen LogP contribution in [0.3, 0.4) is 0 Å². The van der Waals surface area contributed by atoms with E-state index in [-0.39, 0.29) is 0 Å². The quantitative estimate of drug-likeness (QED) is 0.541. The van der Waals surface area contributed by atoms with Gasteiger partial charge in [-0.25, -0.2) is 0 Å². The molecule has 0 N–H and O–H groups in total. The minimum absolute atomic E-state index is 0.851. The fourth-order valence-corrected chi connectivity index (χ4v) is 3.19. The first kappa shape index (κ1) is 13.1. The Bertz CT molecular complexity index is 705. The third kappa shape index (κ3) is 2.40. The van der Waals surface area contributed by atoms with Crippen molar-refractivity contribution in [2.75, 3.05) is 7.11 Å². The van der Waals surface area contributed by atoms with Crippen molar-refractivity contribution in [1.29, 1.82) is 0 Å². The molecule has 1 heterocycles. The lowest BCUT2D eigenvalue weighted by molar-refractivity contribution is -0.579. The molecule has 100 valence electrons. The van der Waals surface area contributed by atoms with Crippen molar-refractivity contribution in [3.63, 3.8) is 0 Å². The lowest BCUT2D eigenvalue weighted by Crippen LogP contribution is -2.30. The van der Waals surface area contributed by atoms with Crippen LogP contribution in [-0.2, 0) is 12.6 Å². The zero-order chi connectivity index (χ0) is 13.9. The number of methoxy groups -OCH3 is 1. The molecule has 0 unspecified atom stereocenters. The van der Waals surface area contributed by atoms with Crippen molar-refractivity contribution < 1.29 is 9.30 Å². The molecule has 3 rings (SSSR count). The molecule has 0 aliphatic heterocycles. The summed E-state index contributed by atoms with van der Waals surface area (Å²) < 4.78 is 8.22. The third-order valence-corrected chi connectivity index (χ3v) is 4.30. The summed E-state index contributed by atoms with van der Waals surface area (Å²) >= 11 is 7.05. The molecule has 2 aromatic carbocycles.